The quantitative estimate of drug-likeness (QED) is 0.503. The first-order valence-corrected chi connectivity index (χ1v) is 11.6. The molecule has 1 aliphatic rings. The van der Waals surface area contributed by atoms with E-state index in [-0.39, 0.29) is 17.6 Å². The predicted molar refractivity (Wildman–Crippen MR) is 125 cm³/mol. The zero-order chi connectivity index (χ0) is 22.1. The Balaban J connectivity index is 1.22. The highest BCUT2D eigenvalue weighted by atomic mass is 32.1. The van der Waals surface area contributed by atoms with Gasteiger partial charge in [-0.15, -0.1) is 11.3 Å². The van der Waals surface area contributed by atoms with Crippen molar-refractivity contribution in [3.8, 4) is 16.3 Å². The van der Waals surface area contributed by atoms with Gasteiger partial charge in [0.15, 0.2) is 0 Å². The minimum Gasteiger partial charge on any atom is -0.497 e. The van der Waals surface area contributed by atoms with Crippen LogP contribution in [0.15, 0.2) is 58.7 Å². The molecule has 1 amide bonds. The second-order valence-corrected chi connectivity index (χ2v) is 8.84. The number of benzene rings is 2. The highest BCUT2D eigenvalue weighted by Gasteiger charge is 2.26. The van der Waals surface area contributed by atoms with Crippen LogP contribution >= 0.6 is 11.3 Å². The zero-order valence-corrected chi connectivity index (χ0v) is 18.6. The third-order valence-corrected chi connectivity index (χ3v) is 6.97. The van der Waals surface area contributed by atoms with Crippen molar-refractivity contribution in [1.82, 2.24) is 19.4 Å². The molecule has 7 nitrogen and oxygen atoms in total. The number of para-hydroxylation sites is 2. The van der Waals surface area contributed by atoms with Gasteiger partial charge >= 0.3 is 5.69 Å². The maximum atomic E-state index is 12.9. The third-order valence-electron chi connectivity index (χ3n) is 6.03. The van der Waals surface area contributed by atoms with E-state index in [1.165, 1.54) is 0 Å². The lowest BCUT2D eigenvalue weighted by Crippen LogP contribution is -2.41. The number of hydrogen-bond acceptors (Lipinski definition) is 5. The summed E-state index contributed by atoms with van der Waals surface area (Å²) in [5.74, 6) is 0.889. The minimum absolute atomic E-state index is 0.0792. The number of H-pyrrole nitrogens is 1. The van der Waals surface area contributed by atoms with Gasteiger partial charge in [0.1, 0.15) is 10.8 Å². The summed E-state index contributed by atoms with van der Waals surface area (Å²) >= 11 is 1.54. The van der Waals surface area contributed by atoms with Gasteiger partial charge < -0.3 is 14.6 Å². The summed E-state index contributed by atoms with van der Waals surface area (Å²) in [4.78, 5) is 34.8. The number of hydrogen-bond donors (Lipinski definition) is 1. The second kappa shape index (κ2) is 8.63. The average molecular weight is 449 g/mol. The van der Waals surface area contributed by atoms with Crippen LogP contribution in [-0.4, -0.2) is 45.5 Å². The van der Waals surface area contributed by atoms with Crippen molar-refractivity contribution in [2.24, 2.45) is 0 Å². The Labute approximate surface area is 189 Å². The van der Waals surface area contributed by atoms with Crippen LogP contribution in [0.4, 0.5) is 0 Å². The Morgan fingerprint density at radius 2 is 1.91 bits per heavy atom. The number of amides is 1. The molecule has 0 saturated carbocycles. The highest BCUT2D eigenvalue weighted by Crippen LogP contribution is 2.27. The second-order valence-electron chi connectivity index (χ2n) is 7.98. The number of likely N-dealkylation sites (tertiary alicyclic amines) is 1. The van der Waals surface area contributed by atoms with Crippen molar-refractivity contribution >= 4 is 28.3 Å². The molecular formula is C24H24N4O3S. The van der Waals surface area contributed by atoms with Gasteiger partial charge in [0.05, 0.1) is 30.3 Å². The highest BCUT2D eigenvalue weighted by molar-refractivity contribution is 7.13. The number of fused-ring (bicyclic) bond motifs is 1. The van der Waals surface area contributed by atoms with Crippen LogP contribution in [0.2, 0.25) is 0 Å². The molecule has 0 spiro atoms. The van der Waals surface area contributed by atoms with E-state index in [1.807, 2.05) is 63.4 Å². The lowest BCUT2D eigenvalue weighted by atomic mass is 10.0. The molecule has 5 rings (SSSR count). The maximum absolute atomic E-state index is 12.9. The largest absolute Gasteiger partial charge is 0.497 e. The number of carbonyl (C=O) groups excluding carboxylic acids is 1. The first-order chi connectivity index (χ1) is 15.6. The fourth-order valence-corrected chi connectivity index (χ4v) is 5.16. The van der Waals surface area contributed by atoms with Crippen LogP contribution in [0.1, 0.15) is 24.6 Å². The average Bonchev–Trinajstić information content (AvgIpc) is 3.42. The molecule has 164 valence electrons. The number of thiazole rings is 1. The number of nitrogens with one attached hydrogen (secondary N) is 1. The van der Waals surface area contributed by atoms with E-state index >= 15 is 0 Å². The van der Waals surface area contributed by atoms with E-state index < -0.39 is 0 Å². The van der Waals surface area contributed by atoms with E-state index in [0.29, 0.717) is 19.5 Å². The topological polar surface area (TPSA) is 80.2 Å². The van der Waals surface area contributed by atoms with Gasteiger partial charge in [-0.05, 0) is 49.2 Å². The standard InChI is InChI=1S/C24H24N4O3S/c1-31-19-8-6-16(7-9-19)23-25-17(15-32-23)14-22(29)27-12-10-18(11-13-27)28-21-5-3-2-4-20(21)26-24(28)30/h2-9,15,18H,10-14H2,1H3,(H,26,30). The summed E-state index contributed by atoms with van der Waals surface area (Å²) in [7, 11) is 1.64. The van der Waals surface area contributed by atoms with E-state index in [2.05, 4.69) is 9.97 Å². The van der Waals surface area contributed by atoms with Crippen LogP contribution in [0, 0.1) is 0 Å². The molecule has 1 fully saturated rings. The SMILES string of the molecule is COc1ccc(-c2nc(CC(=O)N3CCC(n4c(=O)[nH]c5ccccc54)CC3)cs2)cc1. The van der Waals surface area contributed by atoms with Crippen molar-refractivity contribution in [1.29, 1.82) is 0 Å². The summed E-state index contributed by atoms with van der Waals surface area (Å²) in [6.45, 7) is 1.29. The number of ether oxygens (including phenoxy) is 1. The number of nitrogens with zero attached hydrogens (tertiary/aromatic N) is 3. The number of methoxy groups -OCH3 is 1. The Hall–Kier alpha value is -3.39. The molecule has 32 heavy (non-hydrogen) atoms. The number of aromatic nitrogens is 3. The molecule has 0 atom stereocenters. The van der Waals surface area contributed by atoms with Crippen LogP contribution in [0.25, 0.3) is 21.6 Å². The normalized spacial score (nSPS) is 14.7. The zero-order valence-electron chi connectivity index (χ0n) is 17.8. The molecule has 0 bridgehead atoms. The van der Waals surface area contributed by atoms with Gasteiger partial charge in [-0.25, -0.2) is 9.78 Å². The lowest BCUT2D eigenvalue weighted by Gasteiger charge is -2.32. The van der Waals surface area contributed by atoms with Gasteiger partial charge in [-0.1, -0.05) is 12.1 Å². The van der Waals surface area contributed by atoms with Crippen LogP contribution in [0.3, 0.4) is 0 Å². The number of carbonyl (C=O) groups is 1. The molecule has 1 N–H and O–H groups in total. The molecule has 4 aromatic rings. The van der Waals surface area contributed by atoms with Crippen LogP contribution in [0.5, 0.6) is 5.75 Å². The van der Waals surface area contributed by atoms with Gasteiger partial charge in [0.25, 0.3) is 0 Å². The Morgan fingerprint density at radius 3 is 2.66 bits per heavy atom. The molecule has 0 radical (unpaired) electrons. The first-order valence-electron chi connectivity index (χ1n) is 10.7. The number of piperidine rings is 1. The minimum atomic E-state index is -0.0792. The van der Waals surface area contributed by atoms with Crippen molar-refractivity contribution in [3.63, 3.8) is 0 Å². The number of aromatic amines is 1. The fraction of sp³-hybridized carbons (Fsp3) is 0.292. The Bertz CT molecular complexity index is 1300. The summed E-state index contributed by atoms with van der Waals surface area (Å²) in [6, 6.07) is 15.6. The third kappa shape index (κ3) is 3.93. The predicted octanol–water partition coefficient (Wildman–Crippen LogP) is 3.87. The molecule has 8 heteroatoms. The van der Waals surface area contributed by atoms with Crippen molar-refractivity contribution in [2.75, 3.05) is 20.2 Å². The van der Waals surface area contributed by atoms with E-state index in [4.69, 9.17) is 4.74 Å². The number of rotatable bonds is 5. The molecule has 1 saturated heterocycles. The molecule has 0 aliphatic carbocycles. The van der Waals surface area contributed by atoms with E-state index in [0.717, 1.165) is 45.9 Å². The molecule has 0 unspecified atom stereocenters. The Kier molecular flexibility index (Phi) is 5.53. The van der Waals surface area contributed by atoms with E-state index in [9.17, 15) is 9.59 Å². The van der Waals surface area contributed by atoms with Crippen LogP contribution in [-0.2, 0) is 11.2 Å². The van der Waals surface area contributed by atoms with Crippen LogP contribution < -0.4 is 10.4 Å². The molecule has 3 heterocycles. The maximum Gasteiger partial charge on any atom is 0.326 e. The van der Waals surface area contributed by atoms with Crippen molar-refractivity contribution < 1.29 is 9.53 Å². The fourth-order valence-electron chi connectivity index (χ4n) is 4.33. The van der Waals surface area contributed by atoms with Crippen molar-refractivity contribution in [3.05, 3.63) is 70.1 Å². The lowest BCUT2D eigenvalue weighted by molar-refractivity contribution is -0.131. The van der Waals surface area contributed by atoms with Gasteiger partial charge in [0, 0.05) is 30.1 Å². The first kappa shape index (κ1) is 20.5. The van der Waals surface area contributed by atoms with Crippen molar-refractivity contribution in [2.45, 2.75) is 25.3 Å². The number of imidazole rings is 1. The van der Waals surface area contributed by atoms with E-state index in [1.54, 1.807) is 18.4 Å². The molecule has 2 aromatic heterocycles. The van der Waals surface area contributed by atoms with Gasteiger partial charge in [-0.2, -0.15) is 0 Å². The van der Waals surface area contributed by atoms with Gasteiger partial charge in [-0.3, -0.25) is 9.36 Å². The monoisotopic (exact) mass is 448 g/mol. The van der Waals surface area contributed by atoms with Gasteiger partial charge in [0.2, 0.25) is 5.91 Å². The summed E-state index contributed by atoms with van der Waals surface area (Å²) in [6.07, 6.45) is 1.83. The molecular weight excluding hydrogens is 424 g/mol. The molecule has 2 aromatic carbocycles. The molecule has 1 aliphatic heterocycles. The smallest absolute Gasteiger partial charge is 0.326 e. The Morgan fingerprint density at radius 1 is 1.16 bits per heavy atom. The summed E-state index contributed by atoms with van der Waals surface area (Å²) in [5.41, 5.74) is 3.51. The summed E-state index contributed by atoms with van der Waals surface area (Å²) in [5, 5.41) is 2.85. The summed E-state index contributed by atoms with van der Waals surface area (Å²) < 4.78 is 7.05.